The van der Waals surface area contributed by atoms with Crippen LogP contribution in [0.15, 0.2) is 29.3 Å². The van der Waals surface area contributed by atoms with Crippen molar-refractivity contribution in [1.82, 2.24) is 10.6 Å². The SMILES string of the molecule is CCc1ccc(CCNC2=NCCCN2)cc1.I. The summed E-state index contributed by atoms with van der Waals surface area (Å²) in [6.07, 6.45) is 3.30. The monoisotopic (exact) mass is 359 g/mol. The average Bonchev–Trinajstić information content (AvgIpc) is 2.41. The zero-order chi connectivity index (χ0) is 11.9. The first-order valence-corrected chi connectivity index (χ1v) is 6.48. The molecule has 2 N–H and O–H groups in total. The minimum absolute atomic E-state index is 0. The van der Waals surface area contributed by atoms with Gasteiger partial charge in [0.05, 0.1) is 0 Å². The number of halogens is 1. The van der Waals surface area contributed by atoms with E-state index in [1.807, 2.05) is 0 Å². The highest BCUT2D eigenvalue weighted by molar-refractivity contribution is 14.0. The number of aliphatic imine (C=N–C) groups is 1. The van der Waals surface area contributed by atoms with Crippen LogP contribution in [0.4, 0.5) is 0 Å². The summed E-state index contributed by atoms with van der Waals surface area (Å²) in [5, 5.41) is 6.60. The maximum absolute atomic E-state index is 4.38. The summed E-state index contributed by atoms with van der Waals surface area (Å²) in [6, 6.07) is 8.87. The molecule has 1 aromatic carbocycles. The molecule has 1 aliphatic rings. The highest BCUT2D eigenvalue weighted by atomic mass is 127. The molecule has 0 amide bonds. The molecule has 0 fully saturated rings. The molecule has 3 nitrogen and oxygen atoms in total. The van der Waals surface area contributed by atoms with Crippen LogP contribution < -0.4 is 10.6 Å². The maximum Gasteiger partial charge on any atom is 0.191 e. The summed E-state index contributed by atoms with van der Waals surface area (Å²) in [5.41, 5.74) is 2.78. The van der Waals surface area contributed by atoms with Crippen LogP contribution in [-0.4, -0.2) is 25.6 Å². The molecular formula is C14H22IN3. The molecule has 0 radical (unpaired) electrons. The number of hydrogen-bond donors (Lipinski definition) is 2. The molecule has 1 heterocycles. The lowest BCUT2D eigenvalue weighted by Gasteiger charge is -2.15. The van der Waals surface area contributed by atoms with Gasteiger partial charge in [0.1, 0.15) is 0 Å². The maximum atomic E-state index is 4.38. The second-order valence-corrected chi connectivity index (χ2v) is 4.36. The number of aryl methyl sites for hydroxylation is 1. The van der Waals surface area contributed by atoms with E-state index in [2.05, 4.69) is 46.8 Å². The molecule has 0 saturated heterocycles. The Balaban J connectivity index is 0.00000162. The normalized spacial score (nSPS) is 14.2. The minimum atomic E-state index is 0. The van der Waals surface area contributed by atoms with Crippen LogP contribution in [0.2, 0.25) is 0 Å². The van der Waals surface area contributed by atoms with Crippen LogP contribution in [0.25, 0.3) is 0 Å². The van der Waals surface area contributed by atoms with E-state index in [-0.39, 0.29) is 24.0 Å². The van der Waals surface area contributed by atoms with Crippen molar-refractivity contribution in [1.29, 1.82) is 0 Å². The van der Waals surface area contributed by atoms with Crippen molar-refractivity contribution in [3.63, 3.8) is 0 Å². The molecule has 2 rings (SSSR count). The fourth-order valence-corrected chi connectivity index (χ4v) is 1.92. The zero-order valence-corrected chi connectivity index (χ0v) is 13.2. The van der Waals surface area contributed by atoms with Gasteiger partial charge in [-0.3, -0.25) is 4.99 Å². The molecular weight excluding hydrogens is 337 g/mol. The molecule has 0 saturated carbocycles. The first kappa shape index (κ1) is 15.3. The van der Waals surface area contributed by atoms with E-state index in [0.717, 1.165) is 44.9 Å². The van der Waals surface area contributed by atoms with Gasteiger partial charge in [0.15, 0.2) is 5.96 Å². The van der Waals surface area contributed by atoms with Crippen molar-refractivity contribution in [2.24, 2.45) is 4.99 Å². The van der Waals surface area contributed by atoms with Crippen molar-refractivity contribution in [3.8, 4) is 0 Å². The van der Waals surface area contributed by atoms with E-state index in [1.54, 1.807) is 0 Å². The van der Waals surface area contributed by atoms with Crippen LogP contribution in [0.1, 0.15) is 24.5 Å². The van der Waals surface area contributed by atoms with Crippen LogP contribution >= 0.6 is 24.0 Å². The molecule has 18 heavy (non-hydrogen) atoms. The van der Waals surface area contributed by atoms with E-state index >= 15 is 0 Å². The van der Waals surface area contributed by atoms with Gasteiger partial charge in [-0.05, 0) is 30.4 Å². The highest BCUT2D eigenvalue weighted by Gasteiger charge is 2.02. The molecule has 4 heteroatoms. The van der Waals surface area contributed by atoms with Crippen molar-refractivity contribution in [2.75, 3.05) is 19.6 Å². The van der Waals surface area contributed by atoms with Gasteiger partial charge in [0.2, 0.25) is 0 Å². The lowest BCUT2D eigenvalue weighted by molar-refractivity contribution is 0.700. The second kappa shape index (κ2) is 8.34. The lowest BCUT2D eigenvalue weighted by atomic mass is 10.1. The number of guanidine groups is 1. The van der Waals surface area contributed by atoms with Crippen molar-refractivity contribution < 1.29 is 0 Å². The quantitative estimate of drug-likeness (QED) is 0.810. The van der Waals surface area contributed by atoms with Gasteiger partial charge < -0.3 is 10.6 Å². The van der Waals surface area contributed by atoms with E-state index in [1.165, 1.54) is 11.1 Å². The standard InChI is InChI=1S/C14H21N3.HI/c1-2-12-4-6-13(7-5-12)8-11-17-14-15-9-3-10-16-14;/h4-7H,2-3,8-11H2,1H3,(H2,15,16,17);1H. The Kier molecular flexibility index (Phi) is 7.08. The van der Waals surface area contributed by atoms with E-state index < -0.39 is 0 Å². The van der Waals surface area contributed by atoms with Crippen LogP contribution in [-0.2, 0) is 12.8 Å². The molecule has 1 aliphatic heterocycles. The molecule has 0 aromatic heterocycles. The third-order valence-electron chi connectivity index (χ3n) is 3.03. The lowest BCUT2D eigenvalue weighted by Crippen LogP contribution is -2.41. The Morgan fingerprint density at radius 3 is 2.56 bits per heavy atom. The Morgan fingerprint density at radius 1 is 1.22 bits per heavy atom. The zero-order valence-electron chi connectivity index (χ0n) is 10.9. The van der Waals surface area contributed by atoms with Crippen molar-refractivity contribution in [3.05, 3.63) is 35.4 Å². The summed E-state index contributed by atoms with van der Waals surface area (Å²) in [5.74, 6) is 0.960. The Morgan fingerprint density at radius 2 is 1.94 bits per heavy atom. The van der Waals surface area contributed by atoms with E-state index in [4.69, 9.17) is 0 Å². The van der Waals surface area contributed by atoms with Crippen molar-refractivity contribution in [2.45, 2.75) is 26.2 Å². The molecule has 100 valence electrons. The fourth-order valence-electron chi connectivity index (χ4n) is 1.92. The van der Waals surface area contributed by atoms with Gasteiger partial charge in [-0.25, -0.2) is 0 Å². The number of nitrogens with zero attached hydrogens (tertiary/aromatic N) is 1. The summed E-state index contributed by atoms with van der Waals surface area (Å²) in [4.78, 5) is 4.38. The fraction of sp³-hybridized carbons (Fsp3) is 0.500. The summed E-state index contributed by atoms with van der Waals surface area (Å²) >= 11 is 0. The second-order valence-electron chi connectivity index (χ2n) is 4.36. The molecule has 0 bridgehead atoms. The van der Waals surface area contributed by atoms with Gasteiger partial charge in [-0.2, -0.15) is 0 Å². The van der Waals surface area contributed by atoms with E-state index in [9.17, 15) is 0 Å². The number of hydrogen-bond acceptors (Lipinski definition) is 3. The van der Waals surface area contributed by atoms with Crippen LogP contribution in [0.3, 0.4) is 0 Å². The Hall–Kier alpha value is -0.780. The third kappa shape index (κ3) is 4.84. The average molecular weight is 359 g/mol. The number of rotatable bonds is 4. The minimum Gasteiger partial charge on any atom is -0.356 e. The Bertz CT molecular complexity index is 373. The predicted molar refractivity (Wildman–Crippen MR) is 87.9 cm³/mol. The van der Waals surface area contributed by atoms with Gasteiger partial charge in [0, 0.05) is 19.6 Å². The van der Waals surface area contributed by atoms with Gasteiger partial charge in [-0.1, -0.05) is 31.2 Å². The Labute approximate surface area is 126 Å². The number of benzene rings is 1. The molecule has 0 aliphatic carbocycles. The smallest absolute Gasteiger partial charge is 0.191 e. The van der Waals surface area contributed by atoms with E-state index in [0.29, 0.717) is 0 Å². The van der Waals surface area contributed by atoms with Gasteiger partial charge in [-0.15, -0.1) is 24.0 Å². The first-order chi connectivity index (χ1) is 8.38. The van der Waals surface area contributed by atoms with Gasteiger partial charge >= 0.3 is 0 Å². The van der Waals surface area contributed by atoms with Gasteiger partial charge in [0.25, 0.3) is 0 Å². The summed E-state index contributed by atoms with van der Waals surface area (Å²) < 4.78 is 0. The topological polar surface area (TPSA) is 36.4 Å². The number of nitrogens with one attached hydrogen (secondary N) is 2. The largest absolute Gasteiger partial charge is 0.356 e. The van der Waals surface area contributed by atoms with Crippen LogP contribution in [0, 0.1) is 0 Å². The molecule has 0 atom stereocenters. The first-order valence-electron chi connectivity index (χ1n) is 6.48. The van der Waals surface area contributed by atoms with Crippen LogP contribution in [0.5, 0.6) is 0 Å². The predicted octanol–water partition coefficient (Wildman–Crippen LogP) is 2.35. The molecule has 0 spiro atoms. The summed E-state index contributed by atoms with van der Waals surface area (Å²) in [6.45, 7) is 5.11. The highest BCUT2D eigenvalue weighted by Crippen LogP contribution is 2.05. The summed E-state index contributed by atoms with van der Waals surface area (Å²) in [7, 11) is 0. The molecule has 0 unspecified atom stereocenters. The molecule has 1 aromatic rings. The third-order valence-corrected chi connectivity index (χ3v) is 3.03. The van der Waals surface area contributed by atoms with Crippen molar-refractivity contribution >= 4 is 29.9 Å².